The van der Waals surface area contributed by atoms with Gasteiger partial charge in [0, 0.05) is 24.2 Å². The van der Waals surface area contributed by atoms with Crippen molar-refractivity contribution in [2.24, 2.45) is 0 Å². The molecule has 82 valence electrons. The number of carboxylic acid groups (broad SMARTS) is 1. The highest BCUT2D eigenvalue weighted by molar-refractivity contribution is 7.09. The maximum absolute atomic E-state index is 11.0. The van der Waals surface area contributed by atoms with Crippen LogP contribution in [-0.4, -0.2) is 46.8 Å². The van der Waals surface area contributed by atoms with Gasteiger partial charge in [-0.1, -0.05) is 0 Å². The largest absolute Gasteiger partial charge is 0.480 e. The molecule has 1 fully saturated rings. The molecule has 0 saturated carbocycles. The number of ether oxygens (including phenoxy) is 1. The Hall–Kier alpha value is -0.980. The summed E-state index contributed by atoms with van der Waals surface area (Å²) in [7, 11) is 0. The summed E-state index contributed by atoms with van der Waals surface area (Å²) in [5.74, 6) is -0.820. The third kappa shape index (κ3) is 2.53. The molecule has 0 spiro atoms. The fourth-order valence-electron chi connectivity index (χ4n) is 1.58. The Kier molecular flexibility index (Phi) is 3.30. The Morgan fingerprint density at radius 3 is 3.33 bits per heavy atom. The van der Waals surface area contributed by atoms with Crippen LogP contribution in [0, 0.1) is 0 Å². The molecule has 2 heterocycles. The third-order valence-electron chi connectivity index (χ3n) is 2.37. The molecule has 1 aliphatic rings. The van der Waals surface area contributed by atoms with E-state index in [4.69, 9.17) is 9.84 Å². The van der Waals surface area contributed by atoms with E-state index in [1.807, 2.05) is 4.90 Å². The molecule has 0 amide bonds. The summed E-state index contributed by atoms with van der Waals surface area (Å²) in [4.78, 5) is 17.9. The zero-order valence-corrected chi connectivity index (χ0v) is 8.94. The molecule has 1 atom stereocenters. The van der Waals surface area contributed by atoms with E-state index in [-0.39, 0.29) is 6.61 Å². The minimum atomic E-state index is -0.820. The number of thiazole rings is 1. The highest BCUT2D eigenvalue weighted by Gasteiger charge is 2.29. The van der Waals surface area contributed by atoms with E-state index in [1.54, 1.807) is 23.0 Å². The van der Waals surface area contributed by atoms with E-state index < -0.39 is 12.0 Å². The fourth-order valence-corrected chi connectivity index (χ4v) is 2.19. The average Bonchev–Trinajstić information content (AvgIpc) is 2.71. The molecule has 1 aliphatic heterocycles. The maximum atomic E-state index is 11.0. The standard InChI is InChI=1S/C9H12N2O3S/c12-9(13)8-5-14-2-1-11(8)4-7-3-10-6-15-7/h3,6,8H,1-2,4-5H2,(H,12,13). The summed E-state index contributed by atoms with van der Waals surface area (Å²) in [6, 6.07) is -0.527. The molecular formula is C9H12N2O3S. The maximum Gasteiger partial charge on any atom is 0.323 e. The smallest absolute Gasteiger partial charge is 0.323 e. The second-order valence-corrected chi connectivity index (χ2v) is 4.34. The van der Waals surface area contributed by atoms with Crippen molar-refractivity contribution in [3.05, 3.63) is 16.6 Å². The zero-order chi connectivity index (χ0) is 10.7. The molecule has 0 bridgehead atoms. The lowest BCUT2D eigenvalue weighted by Gasteiger charge is -2.32. The highest BCUT2D eigenvalue weighted by Crippen LogP contribution is 2.14. The lowest BCUT2D eigenvalue weighted by molar-refractivity contribution is -0.150. The first kappa shape index (κ1) is 10.5. The van der Waals surface area contributed by atoms with E-state index in [9.17, 15) is 4.79 Å². The molecule has 15 heavy (non-hydrogen) atoms. The van der Waals surface area contributed by atoms with E-state index >= 15 is 0 Å². The highest BCUT2D eigenvalue weighted by atomic mass is 32.1. The van der Waals surface area contributed by atoms with E-state index in [0.29, 0.717) is 19.7 Å². The van der Waals surface area contributed by atoms with Crippen LogP contribution in [0.25, 0.3) is 0 Å². The minimum Gasteiger partial charge on any atom is -0.480 e. The summed E-state index contributed by atoms with van der Waals surface area (Å²) in [5.41, 5.74) is 1.76. The van der Waals surface area contributed by atoms with Crippen molar-refractivity contribution in [1.29, 1.82) is 0 Å². The minimum absolute atomic E-state index is 0.272. The Morgan fingerprint density at radius 1 is 1.80 bits per heavy atom. The number of hydrogen-bond donors (Lipinski definition) is 1. The Balaban J connectivity index is 2.02. The lowest BCUT2D eigenvalue weighted by Crippen LogP contribution is -2.49. The van der Waals surface area contributed by atoms with Crippen molar-refractivity contribution in [1.82, 2.24) is 9.88 Å². The van der Waals surface area contributed by atoms with Crippen molar-refractivity contribution in [3.8, 4) is 0 Å². The normalized spacial score (nSPS) is 22.8. The topological polar surface area (TPSA) is 62.7 Å². The first-order valence-electron chi connectivity index (χ1n) is 4.69. The van der Waals surface area contributed by atoms with E-state index in [2.05, 4.69) is 4.98 Å². The van der Waals surface area contributed by atoms with Gasteiger partial charge in [0.15, 0.2) is 0 Å². The van der Waals surface area contributed by atoms with Gasteiger partial charge in [0.25, 0.3) is 0 Å². The first-order valence-corrected chi connectivity index (χ1v) is 5.57. The molecule has 0 aliphatic carbocycles. The summed E-state index contributed by atoms with van der Waals surface area (Å²) in [6.45, 7) is 2.18. The van der Waals surface area contributed by atoms with Crippen LogP contribution in [0.15, 0.2) is 11.7 Å². The molecular weight excluding hydrogens is 216 g/mol. The van der Waals surface area contributed by atoms with E-state index in [1.165, 1.54) is 0 Å². The van der Waals surface area contributed by atoms with Gasteiger partial charge >= 0.3 is 5.97 Å². The number of carbonyl (C=O) groups is 1. The van der Waals surface area contributed by atoms with Crippen LogP contribution in [0.2, 0.25) is 0 Å². The fraction of sp³-hybridized carbons (Fsp3) is 0.556. The molecule has 2 rings (SSSR count). The summed E-state index contributed by atoms with van der Waals surface area (Å²) >= 11 is 1.54. The van der Waals surface area contributed by atoms with Gasteiger partial charge in [0.2, 0.25) is 0 Å². The Labute approximate surface area is 91.3 Å². The monoisotopic (exact) mass is 228 g/mol. The number of hydrogen-bond acceptors (Lipinski definition) is 5. The van der Waals surface area contributed by atoms with Crippen LogP contribution in [0.4, 0.5) is 0 Å². The summed E-state index contributed by atoms with van der Waals surface area (Å²) < 4.78 is 5.16. The van der Waals surface area contributed by atoms with Crippen molar-refractivity contribution in [3.63, 3.8) is 0 Å². The van der Waals surface area contributed by atoms with Crippen LogP contribution in [-0.2, 0) is 16.1 Å². The van der Waals surface area contributed by atoms with Crippen LogP contribution in [0.3, 0.4) is 0 Å². The van der Waals surface area contributed by atoms with Gasteiger partial charge in [-0.3, -0.25) is 14.7 Å². The molecule has 1 saturated heterocycles. The zero-order valence-electron chi connectivity index (χ0n) is 8.13. The van der Waals surface area contributed by atoms with Gasteiger partial charge in [0.05, 0.1) is 18.7 Å². The molecule has 1 aromatic heterocycles. The number of nitrogens with zero attached hydrogens (tertiary/aromatic N) is 2. The Bertz CT molecular complexity index is 328. The van der Waals surface area contributed by atoms with Gasteiger partial charge < -0.3 is 9.84 Å². The van der Waals surface area contributed by atoms with Crippen LogP contribution >= 0.6 is 11.3 Å². The van der Waals surface area contributed by atoms with Crippen molar-refractivity contribution in [2.45, 2.75) is 12.6 Å². The molecule has 6 heteroatoms. The van der Waals surface area contributed by atoms with Gasteiger partial charge in [-0.2, -0.15) is 0 Å². The van der Waals surface area contributed by atoms with E-state index in [0.717, 1.165) is 4.88 Å². The average molecular weight is 228 g/mol. The molecule has 0 aromatic carbocycles. The lowest BCUT2D eigenvalue weighted by atomic mass is 10.2. The van der Waals surface area contributed by atoms with Crippen LogP contribution in [0.1, 0.15) is 4.88 Å². The number of aliphatic carboxylic acids is 1. The molecule has 1 aromatic rings. The predicted molar refractivity (Wildman–Crippen MR) is 54.8 cm³/mol. The van der Waals surface area contributed by atoms with Crippen molar-refractivity contribution >= 4 is 17.3 Å². The molecule has 0 radical (unpaired) electrons. The molecule has 1 unspecified atom stereocenters. The van der Waals surface area contributed by atoms with Gasteiger partial charge in [-0.05, 0) is 0 Å². The molecule has 5 nitrogen and oxygen atoms in total. The Morgan fingerprint density at radius 2 is 2.67 bits per heavy atom. The van der Waals surface area contributed by atoms with Crippen LogP contribution < -0.4 is 0 Å². The number of rotatable bonds is 3. The van der Waals surface area contributed by atoms with Crippen molar-refractivity contribution < 1.29 is 14.6 Å². The van der Waals surface area contributed by atoms with Crippen molar-refractivity contribution in [2.75, 3.05) is 19.8 Å². The van der Waals surface area contributed by atoms with Crippen LogP contribution in [0.5, 0.6) is 0 Å². The SMILES string of the molecule is O=C(O)C1COCCN1Cc1cncs1. The summed E-state index contributed by atoms with van der Waals surface area (Å²) in [6.07, 6.45) is 1.78. The second kappa shape index (κ2) is 4.69. The number of aromatic nitrogens is 1. The number of morpholine rings is 1. The second-order valence-electron chi connectivity index (χ2n) is 3.37. The van der Waals surface area contributed by atoms with Gasteiger partial charge in [-0.25, -0.2) is 0 Å². The van der Waals surface area contributed by atoms with Gasteiger partial charge in [0.1, 0.15) is 6.04 Å². The quantitative estimate of drug-likeness (QED) is 0.812. The predicted octanol–water partition coefficient (Wildman–Crippen LogP) is 0.428. The summed E-state index contributed by atoms with van der Waals surface area (Å²) in [5, 5.41) is 9.00. The molecule has 1 N–H and O–H groups in total. The van der Waals surface area contributed by atoms with Gasteiger partial charge in [-0.15, -0.1) is 11.3 Å². The number of carboxylic acids is 1. The first-order chi connectivity index (χ1) is 7.27. The third-order valence-corrected chi connectivity index (χ3v) is 3.13.